The number of pyridine rings is 1. The van der Waals surface area contributed by atoms with Gasteiger partial charge in [0.2, 0.25) is 0 Å². The molecule has 3 aromatic heterocycles. The fraction of sp³-hybridized carbons (Fsp3) is 0.160. The van der Waals surface area contributed by atoms with Crippen molar-refractivity contribution < 1.29 is 24.1 Å². The van der Waals surface area contributed by atoms with Gasteiger partial charge in [0.15, 0.2) is 0 Å². The van der Waals surface area contributed by atoms with Gasteiger partial charge in [-0.2, -0.15) is 0 Å². The van der Waals surface area contributed by atoms with Crippen LogP contribution in [-0.2, 0) is 30.2 Å². The number of rotatable bonds is 6. The Bertz CT molecular complexity index is 2990. The molecule has 0 fully saturated rings. The van der Waals surface area contributed by atoms with Gasteiger partial charge in [-0.25, -0.2) is 0 Å². The van der Waals surface area contributed by atoms with Crippen LogP contribution in [0.5, 0.6) is 11.5 Å². The minimum atomic E-state index is -0.0333. The molecule has 0 atom stereocenters. The molecule has 0 unspecified atom stereocenters. The number of fused-ring (bicyclic) bond motifs is 4. The summed E-state index contributed by atoms with van der Waals surface area (Å²) in [5.41, 5.74) is 10.7. The van der Waals surface area contributed by atoms with Crippen LogP contribution >= 0.6 is 0 Å². The van der Waals surface area contributed by atoms with Gasteiger partial charge in [-0.3, -0.25) is 0 Å². The number of nitrogens with zero attached hydrogens (tertiary/aromatic N) is 4. The van der Waals surface area contributed by atoms with E-state index in [1.807, 2.05) is 24.4 Å². The number of aromatic nitrogens is 4. The van der Waals surface area contributed by atoms with Gasteiger partial charge in [-0.1, -0.05) is 32.9 Å². The van der Waals surface area contributed by atoms with Gasteiger partial charge < -0.3 is 0 Å². The van der Waals surface area contributed by atoms with E-state index in [0.29, 0.717) is 11.5 Å². The molecule has 0 saturated carbocycles. The second-order valence-corrected chi connectivity index (χ2v) is 17.4. The fourth-order valence-corrected chi connectivity index (χ4v) is 8.62. The molecule has 0 amide bonds. The molecule has 6 aromatic carbocycles. The Hall–Kier alpha value is -5.77. The van der Waals surface area contributed by atoms with E-state index in [0.717, 1.165) is 65.0 Å². The molecule has 0 bridgehead atoms. The summed E-state index contributed by atoms with van der Waals surface area (Å²) in [6, 6.07) is 56.4. The number of hydrogen-bond acceptors (Lipinski definition) is 2. The number of imidazole rings is 1. The van der Waals surface area contributed by atoms with E-state index in [2.05, 4.69) is 208 Å². The van der Waals surface area contributed by atoms with Gasteiger partial charge in [0, 0.05) is 6.20 Å². The molecule has 6 heteroatoms. The van der Waals surface area contributed by atoms with Crippen molar-refractivity contribution in [2.24, 2.45) is 0 Å². The molecule has 3 heterocycles. The number of para-hydroxylation sites is 3. The van der Waals surface area contributed by atoms with Crippen LogP contribution in [0.3, 0.4) is 0 Å². The predicted molar refractivity (Wildman–Crippen MR) is 225 cm³/mol. The number of benzene rings is 6. The van der Waals surface area contributed by atoms with E-state index in [1.54, 1.807) is 0 Å². The summed E-state index contributed by atoms with van der Waals surface area (Å²) in [5, 5.41) is 2.22. The molecular weight excluding hydrogens is 868 g/mol. The topological polar surface area (TPSA) is 36.9 Å². The van der Waals surface area contributed by atoms with E-state index < -0.39 is 0 Å². The van der Waals surface area contributed by atoms with Crippen LogP contribution in [0.2, 0.25) is 0 Å². The van der Waals surface area contributed by atoms with Crippen molar-refractivity contribution in [3.63, 3.8) is 0 Å². The predicted octanol–water partition coefficient (Wildman–Crippen LogP) is 12.6. The Morgan fingerprint density at radius 3 is 1.98 bits per heavy atom. The fourth-order valence-electron chi connectivity index (χ4n) is 7.51. The van der Waals surface area contributed by atoms with Crippen LogP contribution < -0.4 is 4.74 Å². The van der Waals surface area contributed by atoms with E-state index in [-0.39, 0.29) is 10.8 Å². The third-order valence-corrected chi connectivity index (χ3v) is 11.5. The van der Waals surface area contributed by atoms with Crippen molar-refractivity contribution in [1.82, 2.24) is 18.7 Å². The van der Waals surface area contributed by atoms with Crippen LogP contribution in [-0.4, -0.2) is 18.7 Å². The Morgan fingerprint density at radius 1 is 0.571 bits per heavy atom. The average Bonchev–Trinajstić information content (AvgIpc) is 3.68. The third kappa shape index (κ3) is 6.34. The third-order valence-electron chi connectivity index (χ3n) is 10.5. The Labute approximate surface area is 338 Å². The molecule has 9 aromatic rings. The molecule has 9 rings (SSSR count). The van der Waals surface area contributed by atoms with Crippen LogP contribution in [0.25, 0.3) is 61.2 Å². The first-order valence-corrected chi connectivity index (χ1v) is 20.1. The molecule has 0 radical (unpaired) electrons. The molecule has 0 aliphatic carbocycles. The number of hydrogen-bond donors (Lipinski definition) is 0. The average molecular weight is 910 g/mol. The first-order valence-electron chi connectivity index (χ1n) is 19.0. The molecule has 0 aliphatic rings. The summed E-state index contributed by atoms with van der Waals surface area (Å²) < 4.78 is 14.8. The van der Waals surface area contributed by atoms with E-state index in [4.69, 9.17) is 9.72 Å². The molecule has 280 valence electrons. The molecule has 56 heavy (non-hydrogen) atoms. The quantitative estimate of drug-likeness (QED) is 0.156. The van der Waals surface area contributed by atoms with Gasteiger partial charge in [-0.05, 0) is 17.0 Å². The van der Waals surface area contributed by atoms with Crippen molar-refractivity contribution in [2.45, 2.75) is 52.4 Å². The zero-order chi connectivity index (χ0) is 38.8. The molecule has 0 N–H and O–H groups in total. The van der Waals surface area contributed by atoms with Crippen LogP contribution in [0.1, 0.15) is 52.7 Å². The van der Waals surface area contributed by atoms with Crippen molar-refractivity contribution in [1.29, 1.82) is 0 Å². The second kappa shape index (κ2) is 13.8. The van der Waals surface area contributed by atoms with Gasteiger partial charge in [0.05, 0.1) is 0 Å². The molecule has 0 spiro atoms. The Morgan fingerprint density at radius 2 is 1.23 bits per heavy atom. The zero-order valence-corrected chi connectivity index (χ0v) is 34.6. The van der Waals surface area contributed by atoms with Crippen molar-refractivity contribution in [2.75, 3.05) is 0 Å². The van der Waals surface area contributed by atoms with Crippen LogP contribution in [0.15, 0.2) is 146 Å². The monoisotopic (exact) mass is 909 g/mol. The standard InChI is InChI=1S/C50H42N4O.Pt/c1-49(2,3)35-18-14-19-37(28-35)52-33-53(45-25-13-12-24-44(45)52)38-20-15-21-39(30-38)55-47-32-46-42(31-41(47)34-16-8-7-9-17-34)40-22-10-11-23-43(40)54(46)48-29-36(26-27-51-48)50(4,5)6;/h7-29,31H,1-6H3;/q-2;. The first-order chi connectivity index (χ1) is 27.0. The summed E-state index contributed by atoms with van der Waals surface area (Å²) in [6.07, 6.45) is 1.91. The maximum atomic E-state index is 6.93. The van der Waals surface area contributed by atoms with Gasteiger partial charge in [0.25, 0.3) is 0 Å². The van der Waals surface area contributed by atoms with Crippen molar-refractivity contribution in [3.8, 4) is 39.8 Å². The van der Waals surface area contributed by atoms with Gasteiger partial charge in [0.1, 0.15) is 0 Å². The van der Waals surface area contributed by atoms with Crippen molar-refractivity contribution in [3.05, 3.63) is 173 Å². The zero-order valence-electron chi connectivity index (χ0n) is 32.4. The Balaban J connectivity index is 1.22. The van der Waals surface area contributed by atoms with E-state index in [9.17, 15) is 0 Å². The summed E-state index contributed by atoms with van der Waals surface area (Å²) in [5.74, 6) is 2.07. The number of ether oxygens (including phenoxy) is 1. The first kappa shape index (κ1) is 35.9. The molecule has 0 aliphatic heterocycles. The summed E-state index contributed by atoms with van der Waals surface area (Å²) in [6.45, 7) is 13.5. The minimum absolute atomic E-state index is 0.0278. The van der Waals surface area contributed by atoms with Crippen molar-refractivity contribution >= 4 is 32.8 Å². The SMILES string of the molecule is CC(C)(C)c1cccc(-n2[c](=[Pt])n(-c3[c-]c(Oc4[c-]c5c(cc4-c4ccccc4)c4ccccc4n5-c4cc(C(C)(C)C)ccn4)ccc3)c3ccccc32)c1. The summed E-state index contributed by atoms with van der Waals surface area (Å²) in [4.78, 5) is 4.90. The Kier molecular flexibility index (Phi) is 8.82. The summed E-state index contributed by atoms with van der Waals surface area (Å²) in [7, 11) is 0. The molecule has 5 nitrogen and oxygen atoms in total. The summed E-state index contributed by atoms with van der Waals surface area (Å²) >= 11 is 2.44. The van der Waals surface area contributed by atoms with Gasteiger partial charge in [-0.15, -0.1) is 0 Å². The van der Waals surface area contributed by atoms with E-state index in [1.165, 1.54) is 11.1 Å². The van der Waals surface area contributed by atoms with E-state index >= 15 is 0 Å². The molecular formula is C50H42N4OPt-2. The van der Waals surface area contributed by atoms with Crippen LogP contribution in [0.4, 0.5) is 0 Å². The second-order valence-electron chi connectivity index (χ2n) is 16.3. The van der Waals surface area contributed by atoms with Gasteiger partial charge >= 0.3 is 284 Å². The maximum absolute atomic E-state index is 6.93. The van der Waals surface area contributed by atoms with Crippen LogP contribution in [0, 0.1) is 15.9 Å². The molecule has 0 saturated heterocycles. The normalized spacial score (nSPS) is 12.2.